The number of hydrogen-bond acceptors (Lipinski definition) is 3. The highest BCUT2D eigenvalue weighted by Gasteiger charge is 2.04. The Bertz CT molecular complexity index is 336. The minimum absolute atomic E-state index is 0.0634. The van der Waals surface area contributed by atoms with Crippen molar-refractivity contribution >= 4 is 11.7 Å². The zero-order valence-corrected chi connectivity index (χ0v) is 8.69. The highest BCUT2D eigenvalue weighted by Crippen LogP contribution is 2.02. The summed E-state index contributed by atoms with van der Waals surface area (Å²) in [5, 5.41) is 2.65. The van der Waals surface area contributed by atoms with Crippen LogP contribution in [0, 0.1) is 0 Å². The zero-order valence-electron chi connectivity index (χ0n) is 8.69. The van der Waals surface area contributed by atoms with Gasteiger partial charge in [-0.3, -0.25) is 14.6 Å². The Morgan fingerprint density at radius 2 is 2.27 bits per heavy atom. The molecule has 0 aliphatic carbocycles. The van der Waals surface area contributed by atoms with Crippen LogP contribution in [0.1, 0.15) is 30.1 Å². The molecule has 1 aromatic rings. The van der Waals surface area contributed by atoms with Crippen LogP contribution in [0.15, 0.2) is 24.5 Å². The normalized spacial score (nSPS) is 9.67. The van der Waals surface area contributed by atoms with E-state index in [9.17, 15) is 9.59 Å². The van der Waals surface area contributed by atoms with Gasteiger partial charge in [0.15, 0.2) is 5.78 Å². The van der Waals surface area contributed by atoms with E-state index in [1.54, 1.807) is 24.5 Å². The number of rotatable bonds is 5. The summed E-state index contributed by atoms with van der Waals surface area (Å²) in [4.78, 5) is 26.0. The van der Waals surface area contributed by atoms with Gasteiger partial charge in [0.2, 0.25) is 5.91 Å². The molecule has 0 spiro atoms. The summed E-state index contributed by atoms with van der Waals surface area (Å²) >= 11 is 0. The molecule has 0 aliphatic rings. The average Bonchev–Trinajstić information content (AvgIpc) is 2.25. The molecule has 0 bridgehead atoms. The van der Waals surface area contributed by atoms with Gasteiger partial charge in [-0.25, -0.2) is 0 Å². The van der Waals surface area contributed by atoms with Crippen LogP contribution in [0.4, 0.5) is 0 Å². The number of ketones is 1. The van der Waals surface area contributed by atoms with Gasteiger partial charge >= 0.3 is 0 Å². The number of amides is 1. The van der Waals surface area contributed by atoms with Crippen LogP contribution in [0.3, 0.4) is 0 Å². The molecule has 15 heavy (non-hydrogen) atoms. The third kappa shape index (κ3) is 4.35. The second-order valence-corrected chi connectivity index (χ2v) is 3.25. The standard InChI is InChI=1S/C11H14N2O2/c1-9(14)13-7-3-5-11(15)10-4-2-6-12-8-10/h2,4,6,8H,3,5,7H2,1H3,(H,13,14). The van der Waals surface area contributed by atoms with Gasteiger partial charge < -0.3 is 5.32 Å². The van der Waals surface area contributed by atoms with Crippen LogP contribution in [-0.4, -0.2) is 23.2 Å². The van der Waals surface area contributed by atoms with Crippen molar-refractivity contribution in [3.63, 3.8) is 0 Å². The lowest BCUT2D eigenvalue weighted by molar-refractivity contribution is -0.118. The highest BCUT2D eigenvalue weighted by molar-refractivity contribution is 5.95. The van der Waals surface area contributed by atoms with Crippen LogP contribution >= 0.6 is 0 Å². The van der Waals surface area contributed by atoms with E-state index >= 15 is 0 Å². The first-order chi connectivity index (χ1) is 7.20. The number of aromatic nitrogens is 1. The van der Waals surface area contributed by atoms with E-state index in [1.807, 2.05) is 0 Å². The van der Waals surface area contributed by atoms with Crippen molar-refractivity contribution in [1.29, 1.82) is 0 Å². The van der Waals surface area contributed by atoms with Crippen molar-refractivity contribution in [1.82, 2.24) is 10.3 Å². The van der Waals surface area contributed by atoms with Gasteiger partial charge in [-0.15, -0.1) is 0 Å². The molecule has 0 radical (unpaired) electrons. The summed E-state index contributed by atoms with van der Waals surface area (Å²) in [6.45, 7) is 2.00. The van der Waals surface area contributed by atoms with Gasteiger partial charge in [-0.2, -0.15) is 0 Å². The molecule has 4 nitrogen and oxygen atoms in total. The second-order valence-electron chi connectivity index (χ2n) is 3.25. The Morgan fingerprint density at radius 3 is 2.87 bits per heavy atom. The Balaban J connectivity index is 2.28. The Kier molecular flexibility index (Phi) is 4.47. The maximum absolute atomic E-state index is 11.5. The predicted octanol–water partition coefficient (Wildman–Crippen LogP) is 1.18. The zero-order chi connectivity index (χ0) is 11.1. The molecule has 80 valence electrons. The average molecular weight is 206 g/mol. The first kappa shape index (κ1) is 11.4. The lowest BCUT2D eigenvalue weighted by Crippen LogP contribution is -2.21. The lowest BCUT2D eigenvalue weighted by atomic mass is 10.1. The van der Waals surface area contributed by atoms with Gasteiger partial charge in [0.25, 0.3) is 0 Å². The summed E-state index contributed by atoms with van der Waals surface area (Å²) < 4.78 is 0. The predicted molar refractivity (Wildman–Crippen MR) is 56.5 cm³/mol. The van der Waals surface area contributed by atoms with Gasteiger partial charge in [0, 0.05) is 37.8 Å². The van der Waals surface area contributed by atoms with Gasteiger partial charge in [-0.05, 0) is 18.6 Å². The summed E-state index contributed by atoms with van der Waals surface area (Å²) in [6.07, 6.45) is 4.29. The third-order valence-electron chi connectivity index (χ3n) is 1.94. The fourth-order valence-electron chi connectivity index (χ4n) is 1.19. The maximum Gasteiger partial charge on any atom is 0.216 e. The molecule has 0 atom stereocenters. The van der Waals surface area contributed by atoms with Crippen LogP contribution < -0.4 is 5.32 Å². The van der Waals surface area contributed by atoms with Gasteiger partial charge in [-0.1, -0.05) is 0 Å². The van der Waals surface area contributed by atoms with E-state index in [2.05, 4.69) is 10.3 Å². The highest BCUT2D eigenvalue weighted by atomic mass is 16.1. The Hall–Kier alpha value is -1.71. The van der Waals surface area contributed by atoms with Crippen molar-refractivity contribution in [3.05, 3.63) is 30.1 Å². The molecule has 1 N–H and O–H groups in total. The number of pyridine rings is 1. The van der Waals surface area contributed by atoms with E-state index in [0.717, 1.165) is 0 Å². The Morgan fingerprint density at radius 1 is 1.47 bits per heavy atom. The second kappa shape index (κ2) is 5.90. The number of nitrogens with one attached hydrogen (secondary N) is 1. The molecule has 1 rings (SSSR count). The summed E-state index contributed by atoms with van der Waals surface area (Å²) in [7, 11) is 0. The van der Waals surface area contributed by atoms with E-state index in [1.165, 1.54) is 6.92 Å². The van der Waals surface area contributed by atoms with Crippen LogP contribution in [0.25, 0.3) is 0 Å². The Labute approximate surface area is 88.7 Å². The van der Waals surface area contributed by atoms with E-state index in [-0.39, 0.29) is 11.7 Å². The van der Waals surface area contributed by atoms with Crippen LogP contribution in [-0.2, 0) is 4.79 Å². The van der Waals surface area contributed by atoms with Crippen molar-refractivity contribution in [2.45, 2.75) is 19.8 Å². The number of carbonyl (C=O) groups excluding carboxylic acids is 2. The van der Waals surface area contributed by atoms with Crippen molar-refractivity contribution in [2.24, 2.45) is 0 Å². The molecule has 0 saturated heterocycles. The van der Waals surface area contributed by atoms with Crippen molar-refractivity contribution in [2.75, 3.05) is 6.54 Å². The van der Waals surface area contributed by atoms with Gasteiger partial charge in [0.05, 0.1) is 0 Å². The number of carbonyl (C=O) groups is 2. The topological polar surface area (TPSA) is 59.1 Å². The van der Waals surface area contributed by atoms with Crippen LogP contribution in [0.2, 0.25) is 0 Å². The molecular weight excluding hydrogens is 192 g/mol. The monoisotopic (exact) mass is 206 g/mol. The molecule has 0 aromatic carbocycles. The molecular formula is C11H14N2O2. The molecule has 1 aromatic heterocycles. The molecule has 0 fully saturated rings. The molecule has 0 unspecified atom stereocenters. The first-order valence-electron chi connectivity index (χ1n) is 4.88. The quantitative estimate of drug-likeness (QED) is 0.581. The van der Waals surface area contributed by atoms with E-state index in [0.29, 0.717) is 24.9 Å². The lowest BCUT2D eigenvalue weighted by Gasteiger charge is -2.01. The summed E-state index contributed by atoms with van der Waals surface area (Å²) in [6, 6.07) is 3.48. The maximum atomic E-state index is 11.5. The van der Waals surface area contributed by atoms with Gasteiger partial charge in [0.1, 0.15) is 0 Å². The van der Waals surface area contributed by atoms with E-state index in [4.69, 9.17) is 0 Å². The number of Topliss-reactive ketones (excluding diaryl/α,β-unsaturated/α-hetero) is 1. The smallest absolute Gasteiger partial charge is 0.216 e. The molecule has 0 aliphatic heterocycles. The summed E-state index contributed by atoms with van der Waals surface area (Å²) in [5.74, 6) is -0.00252. The largest absolute Gasteiger partial charge is 0.356 e. The first-order valence-corrected chi connectivity index (χ1v) is 4.88. The molecule has 1 heterocycles. The minimum Gasteiger partial charge on any atom is -0.356 e. The van der Waals surface area contributed by atoms with Crippen LogP contribution in [0.5, 0.6) is 0 Å². The fourth-order valence-corrected chi connectivity index (χ4v) is 1.19. The number of hydrogen-bond donors (Lipinski definition) is 1. The van der Waals surface area contributed by atoms with Crippen molar-refractivity contribution < 1.29 is 9.59 Å². The molecule has 0 saturated carbocycles. The van der Waals surface area contributed by atoms with Crippen molar-refractivity contribution in [3.8, 4) is 0 Å². The molecule has 1 amide bonds. The fraction of sp³-hybridized carbons (Fsp3) is 0.364. The number of nitrogens with zero attached hydrogens (tertiary/aromatic N) is 1. The third-order valence-corrected chi connectivity index (χ3v) is 1.94. The molecule has 4 heteroatoms. The minimum atomic E-state index is -0.0659. The van der Waals surface area contributed by atoms with E-state index < -0.39 is 0 Å². The SMILES string of the molecule is CC(=O)NCCCC(=O)c1cccnc1. The summed E-state index contributed by atoms with van der Waals surface area (Å²) in [5.41, 5.74) is 0.625.